The first-order valence-electron chi connectivity index (χ1n) is 6.33. The summed E-state index contributed by atoms with van der Waals surface area (Å²) in [5.41, 5.74) is 7.68. The first-order valence-corrected chi connectivity index (χ1v) is 7.13. The van der Waals surface area contributed by atoms with E-state index in [1.165, 1.54) is 0 Å². The lowest BCUT2D eigenvalue weighted by molar-refractivity contribution is 0.398. The number of pyridine rings is 1. The van der Waals surface area contributed by atoms with Crippen LogP contribution in [0, 0.1) is 5.92 Å². The van der Waals surface area contributed by atoms with Gasteiger partial charge in [-0.3, -0.25) is 0 Å². The molecule has 0 aliphatic heterocycles. The van der Waals surface area contributed by atoms with E-state index in [0.29, 0.717) is 23.4 Å². The summed E-state index contributed by atoms with van der Waals surface area (Å²) in [4.78, 5) is 13.0. The summed E-state index contributed by atoms with van der Waals surface area (Å²) < 4.78 is 5.81. The van der Waals surface area contributed by atoms with Gasteiger partial charge in [0.15, 0.2) is 5.82 Å². The monoisotopic (exact) mass is 336 g/mol. The van der Waals surface area contributed by atoms with Crippen molar-refractivity contribution in [2.75, 3.05) is 12.8 Å². The van der Waals surface area contributed by atoms with Crippen LogP contribution < -0.4 is 10.5 Å². The summed E-state index contributed by atoms with van der Waals surface area (Å²) >= 11 is 3.45. The maximum absolute atomic E-state index is 5.95. The van der Waals surface area contributed by atoms with Gasteiger partial charge >= 0.3 is 0 Å². The van der Waals surface area contributed by atoms with E-state index in [1.807, 2.05) is 6.07 Å². The van der Waals surface area contributed by atoms with Crippen molar-refractivity contribution in [1.82, 2.24) is 15.0 Å². The van der Waals surface area contributed by atoms with Crippen LogP contribution in [0.1, 0.15) is 19.5 Å². The van der Waals surface area contributed by atoms with Crippen LogP contribution in [0.15, 0.2) is 22.8 Å². The second-order valence-corrected chi connectivity index (χ2v) is 5.67. The molecule has 0 saturated heterocycles. The fraction of sp³-hybridized carbons (Fsp3) is 0.357. The summed E-state index contributed by atoms with van der Waals surface area (Å²) in [7, 11) is 1.58. The molecule has 0 aliphatic carbocycles. The third kappa shape index (κ3) is 3.25. The van der Waals surface area contributed by atoms with Crippen molar-refractivity contribution in [3.63, 3.8) is 0 Å². The van der Waals surface area contributed by atoms with Gasteiger partial charge in [-0.05, 0) is 34.3 Å². The standard InChI is InChI=1S/C14H17BrN4O/c1-8(2)6-10-12(15)13(16)19-14(18-10)9-4-5-11(20-3)17-7-9/h4-5,7-8H,6H2,1-3H3,(H2,16,18,19). The summed E-state index contributed by atoms with van der Waals surface area (Å²) in [5.74, 6) is 2.07. The number of halogens is 1. The first-order chi connectivity index (χ1) is 9.51. The van der Waals surface area contributed by atoms with Crippen molar-refractivity contribution < 1.29 is 4.74 Å². The van der Waals surface area contributed by atoms with E-state index in [2.05, 4.69) is 44.7 Å². The molecule has 6 heteroatoms. The molecule has 0 aromatic carbocycles. The lowest BCUT2D eigenvalue weighted by atomic mass is 10.1. The summed E-state index contributed by atoms with van der Waals surface area (Å²) in [6, 6.07) is 3.65. The fourth-order valence-corrected chi connectivity index (χ4v) is 2.14. The van der Waals surface area contributed by atoms with Crippen LogP contribution in [-0.2, 0) is 6.42 Å². The molecular formula is C14H17BrN4O. The molecule has 0 bridgehead atoms. The van der Waals surface area contributed by atoms with Crippen LogP contribution in [0.5, 0.6) is 5.88 Å². The van der Waals surface area contributed by atoms with E-state index in [4.69, 9.17) is 10.5 Å². The minimum absolute atomic E-state index is 0.446. The maximum atomic E-state index is 5.95. The number of aromatic nitrogens is 3. The normalized spacial score (nSPS) is 10.8. The lowest BCUT2D eigenvalue weighted by Crippen LogP contribution is -2.05. The van der Waals surface area contributed by atoms with Crippen LogP contribution >= 0.6 is 15.9 Å². The first kappa shape index (κ1) is 14.7. The highest BCUT2D eigenvalue weighted by Crippen LogP contribution is 2.27. The number of nitrogen functional groups attached to an aromatic ring is 1. The molecule has 0 spiro atoms. The predicted octanol–water partition coefficient (Wildman–Crippen LogP) is 3.09. The Morgan fingerprint density at radius 2 is 2.05 bits per heavy atom. The van der Waals surface area contributed by atoms with Crippen LogP contribution in [0.2, 0.25) is 0 Å². The molecule has 0 saturated carbocycles. The zero-order chi connectivity index (χ0) is 14.7. The largest absolute Gasteiger partial charge is 0.481 e. The van der Waals surface area contributed by atoms with E-state index in [9.17, 15) is 0 Å². The van der Waals surface area contributed by atoms with Gasteiger partial charge in [-0.2, -0.15) is 0 Å². The van der Waals surface area contributed by atoms with Gasteiger partial charge in [0, 0.05) is 17.8 Å². The quantitative estimate of drug-likeness (QED) is 0.928. The van der Waals surface area contributed by atoms with Gasteiger partial charge in [-0.1, -0.05) is 13.8 Å². The number of methoxy groups -OCH3 is 1. The third-order valence-electron chi connectivity index (χ3n) is 2.75. The molecule has 2 rings (SSSR count). The van der Waals surface area contributed by atoms with Gasteiger partial charge in [-0.25, -0.2) is 15.0 Å². The smallest absolute Gasteiger partial charge is 0.212 e. The average Bonchev–Trinajstić information content (AvgIpc) is 2.43. The van der Waals surface area contributed by atoms with E-state index in [-0.39, 0.29) is 0 Å². The second kappa shape index (κ2) is 6.17. The Labute approximate surface area is 126 Å². The van der Waals surface area contributed by atoms with Gasteiger partial charge in [0.2, 0.25) is 5.88 Å². The van der Waals surface area contributed by atoms with Crippen molar-refractivity contribution in [2.45, 2.75) is 20.3 Å². The fourth-order valence-electron chi connectivity index (χ4n) is 1.80. The molecule has 0 aliphatic rings. The Hall–Kier alpha value is -1.69. The molecular weight excluding hydrogens is 320 g/mol. The van der Waals surface area contributed by atoms with Gasteiger partial charge in [0.1, 0.15) is 5.82 Å². The number of anilines is 1. The molecule has 106 valence electrons. The van der Waals surface area contributed by atoms with Crippen molar-refractivity contribution >= 4 is 21.7 Å². The van der Waals surface area contributed by atoms with Crippen LogP contribution in [-0.4, -0.2) is 22.1 Å². The molecule has 0 amide bonds. The molecule has 0 atom stereocenters. The second-order valence-electron chi connectivity index (χ2n) is 4.88. The summed E-state index contributed by atoms with van der Waals surface area (Å²) in [6.07, 6.45) is 2.52. The predicted molar refractivity (Wildman–Crippen MR) is 82.5 cm³/mol. The number of rotatable bonds is 4. The van der Waals surface area contributed by atoms with Gasteiger partial charge < -0.3 is 10.5 Å². The Morgan fingerprint density at radius 1 is 1.30 bits per heavy atom. The highest BCUT2D eigenvalue weighted by molar-refractivity contribution is 9.10. The maximum Gasteiger partial charge on any atom is 0.212 e. The number of hydrogen-bond donors (Lipinski definition) is 1. The lowest BCUT2D eigenvalue weighted by Gasteiger charge is -2.10. The van der Waals surface area contributed by atoms with Crippen LogP contribution in [0.3, 0.4) is 0 Å². The molecule has 2 aromatic rings. The van der Waals surface area contributed by atoms with Crippen molar-refractivity contribution in [3.8, 4) is 17.3 Å². The van der Waals surface area contributed by atoms with Crippen LogP contribution in [0.4, 0.5) is 5.82 Å². The molecule has 2 aromatic heterocycles. The van der Waals surface area contributed by atoms with Crippen molar-refractivity contribution in [1.29, 1.82) is 0 Å². The Balaban J connectivity index is 2.42. The minimum atomic E-state index is 0.446. The Bertz CT molecular complexity index is 599. The van der Waals surface area contributed by atoms with Crippen LogP contribution in [0.25, 0.3) is 11.4 Å². The van der Waals surface area contributed by atoms with Gasteiger partial charge in [0.25, 0.3) is 0 Å². The molecule has 0 radical (unpaired) electrons. The highest BCUT2D eigenvalue weighted by Gasteiger charge is 2.13. The SMILES string of the molecule is COc1ccc(-c2nc(N)c(Br)c(CC(C)C)n2)cn1. The summed E-state index contributed by atoms with van der Waals surface area (Å²) in [5, 5.41) is 0. The highest BCUT2D eigenvalue weighted by atomic mass is 79.9. The van der Waals surface area contributed by atoms with Crippen molar-refractivity contribution in [3.05, 3.63) is 28.5 Å². The third-order valence-corrected chi connectivity index (χ3v) is 3.61. The number of ether oxygens (including phenoxy) is 1. The topological polar surface area (TPSA) is 73.9 Å². The van der Waals surface area contributed by atoms with E-state index in [0.717, 1.165) is 22.2 Å². The molecule has 2 heterocycles. The van der Waals surface area contributed by atoms with E-state index >= 15 is 0 Å². The van der Waals surface area contributed by atoms with Gasteiger partial charge in [0.05, 0.1) is 17.3 Å². The van der Waals surface area contributed by atoms with E-state index in [1.54, 1.807) is 19.4 Å². The Morgan fingerprint density at radius 3 is 2.60 bits per heavy atom. The van der Waals surface area contributed by atoms with Crippen molar-refractivity contribution in [2.24, 2.45) is 5.92 Å². The molecule has 0 fully saturated rings. The minimum Gasteiger partial charge on any atom is -0.481 e. The number of nitrogens with two attached hydrogens (primary N) is 1. The summed E-state index contributed by atoms with van der Waals surface area (Å²) in [6.45, 7) is 4.28. The molecule has 5 nitrogen and oxygen atoms in total. The molecule has 20 heavy (non-hydrogen) atoms. The zero-order valence-corrected chi connectivity index (χ0v) is 13.3. The zero-order valence-electron chi connectivity index (χ0n) is 11.7. The number of nitrogens with zero attached hydrogens (tertiary/aromatic N) is 3. The molecule has 2 N–H and O–H groups in total. The average molecular weight is 337 g/mol. The van der Waals surface area contributed by atoms with Gasteiger partial charge in [-0.15, -0.1) is 0 Å². The number of hydrogen-bond acceptors (Lipinski definition) is 5. The van der Waals surface area contributed by atoms with E-state index < -0.39 is 0 Å². The Kier molecular flexibility index (Phi) is 4.54. The molecule has 0 unspecified atom stereocenters.